The smallest absolute Gasteiger partial charge is 0.245 e. The Balaban J connectivity index is 1.90. The Bertz CT molecular complexity index is 650. The van der Waals surface area contributed by atoms with Crippen LogP contribution in [0.3, 0.4) is 0 Å². The summed E-state index contributed by atoms with van der Waals surface area (Å²) in [6.07, 6.45) is 1.06. The van der Waals surface area contributed by atoms with Gasteiger partial charge in [-0.25, -0.2) is 0 Å². The first kappa shape index (κ1) is 15.4. The Labute approximate surface area is 138 Å². The number of nitrogens with zero attached hydrogens (tertiary/aromatic N) is 1. The number of aromatic hydroxyl groups is 1. The zero-order chi connectivity index (χ0) is 16.0. The predicted molar refractivity (Wildman–Crippen MR) is 83.2 cm³/mol. The molecule has 2 N–H and O–H groups in total. The number of piperidine rings is 1. The standard InChI is InChI=1S/C15H16Cl2N2O3/c1-7-15(22)19-5-4-8(6-10(19)14(21)18-7)12-11(20)3-2-9(16)13(12)17/h2-3,7-8,10,20H,4-6H2,1H3,(H,18,21)/t7-,8-,10+/m1/s1. The first-order valence-electron chi connectivity index (χ1n) is 7.18. The van der Waals surface area contributed by atoms with Gasteiger partial charge in [-0.3, -0.25) is 9.59 Å². The van der Waals surface area contributed by atoms with Crippen molar-refractivity contribution in [2.45, 2.75) is 37.8 Å². The Morgan fingerprint density at radius 2 is 2.05 bits per heavy atom. The molecule has 2 saturated heterocycles. The van der Waals surface area contributed by atoms with Crippen molar-refractivity contribution in [3.05, 3.63) is 27.7 Å². The highest BCUT2D eigenvalue weighted by Crippen LogP contribution is 2.43. The normalized spacial score (nSPS) is 28.3. The molecule has 1 aromatic carbocycles. The summed E-state index contributed by atoms with van der Waals surface area (Å²) in [5.74, 6) is -0.262. The molecule has 118 valence electrons. The number of carbonyl (C=O) groups excluding carboxylic acids is 2. The van der Waals surface area contributed by atoms with E-state index in [-0.39, 0.29) is 23.5 Å². The monoisotopic (exact) mass is 342 g/mol. The van der Waals surface area contributed by atoms with E-state index < -0.39 is 12.1 Å². The average molecular weight is 343 g/mol. The maximum absolute atomic E-state index is 12.2. The van der Waals surface area contributed by atoms with Crippen LogP contribution in [0.4, 0.5) is 0 Å². The lowest BCUT2D eigenvalue weighted by molar-refractivity contribution is -0.151. The van der Waals surface area contributed by atoms with Crippen LogP contribution >= 0.6 is 23.2 Å². The van der Waals surface area contributed by atoms with E-state index in [4.69, 9.17) is 23.2 Å². The molecule has 1 aromatic rings. The van der Waals surface area contributed by atoms with Crippen molar-refractivity contribution in [2.24, 2.45) is 0 Å². The molecule has 0 aliphatic carbocycles. The van der Waals surface area contributed by atoms with E-state index in [2.05, 4.69) is 5.32 Å². The molecule has 2 fully saturated rings. The van der Waals surface area contributed by atoms with E-state index in [1.807, 2.05) is 0 Å². The number of amides is 2. The summed E-state index contributed by atoms with van der Waals surface area (Å²) in [5.41, 5.74) is 0.563. The second-order valence-corrected chi connectivity index (χ2v) is 6.58. The number of rotatable bonds is 1. The number of phenolic OH excluding ortho intramolecular Hbond substituents is 1. The fourth-order valence-corrected chi connectivity index (χ4v) is 3.78. The topological polar surface area (TPSA) is 69.6 Å². The summed E-state index contributed by atoms with van der Waals surface area (Å²) >= 11 is 12.2. The minimum atomic E-state index is -0.517. The summed E-state index contributed by atoms with van der Waals surface area (Å²) in [5, 5.41) is 13.5. The molecule has 2 aliphatic heterocycles. The first-order valence-corrected chi connectivity index (χ1v) is 7.93. The van der Waals surface area contributed by atoms with Gasteiger partial charge in [-0.05, 0) is 37.8 Å². The number of hydrogen-bond acceptors (Lipinski definition) is 3. The fraction of sp³-hybridized carbons (Fsp3) is 0.467. The summed E-state index contributed by atoms with van der Waals surface area (Å²) in [6.45, 7) is 2.15. The minimum Gasteiger partial charge on any atom is -0.508 e. The quantitative estimate of drug-likeness (QED) is 0.822. The molecule has 5 nitrogen and oxygen atoms in total. The van der Waals surface area contributed by atoms with Gasteiger partial charge >= 0.3 is 0 Å². The molecule has 0 aromatic heterocycles. The van der Waals surface area contributed by atoms with Crippen molar-refractivity contribution in [1.29, 1.82) is 0 Å². The number of halogens is 2. The second-order valence-electron chi connectivity index (χ2n) is 5.79. The highest BCUT2D eigenvalue weighted by molar-refractivity contribution is 6.42. The molecule has 22 heavy (non-hydrogen) atoms. The molecule has 0 bridgehead atoms. The Morgan fingerprint density at radius 1 is 1.32 bits per heavy atom. The Hall–Kier alpha value is -1.46. The summed E-state index contributed by atoms with van der Waals surface area (Å²) < 4.78 is 0. The molecule has 2 aliphatic rings. The number of phenols is 1. The second kappa shape index (κ2) is 5.63. The summed E-state index contributed by atoms with van der Waals surface area (Å²) in [4.78, 5) is 25.9. The predicted octanol–water partition coefficient (Wildman–Crippen LogP) is 2.29. The van der Waals surface area contributed by atoms with Crippen LogP contribution in [0, 0.1) is 0 Å². The van der Waals surface area contributed by atoms with Crippen LogP contribution in [0.15, 0.2) is 12.1 Å². The number of benzene rings is 1. The third kappa shape index (κ3) is 2.42. The molecule has 0 radical (unpaired) electrons. The first-order chi connectivity index (χ1) is 10.4. The molecular formula is C15H16Cl2N2O3. The van der Waals surface area contributed by atoms with Gasteiger partial charge in [0, 0.05) is 12.1 Å². The number of carbonyl (C=O) groups is 2. The van der Waals surface area contributed by atoms with Crippen LogP contribution in [-0.2, 0) is 9.59 Å². The number of hydrogen-bond donors (Lipinski definition) is 2. The van der Waals surface area contributed by atoms with Gasteiger partial charge in [0.15, 0.2) is 0 Å². The van der Waals surface area contributed by atoms with E-state index >= 15 is 0 Å². The van der Waals surface area contributed by atoms with Crippen molar-refractivity contribution < 1.29 is 14.7 Å². The molecule has 3 rings (SSSR count). The van der Waals surface area contributed by atoms with Crippen LogP contribution in [-0.4, -0.2) is 40.4 Å². The van der Waals surface area contributed by atoms with Crippen molar-refractivity contribution in [3.8, 4) is 5.75 Å². The molecular weight excluding hydrogens is 327 g/mol. The van der Waals surface area contributed by atoms with E-state index in [0.717, 1.165) is 0 Å². The van der Waals surface area contributed by atoms with Crippen molar-refractivity contribution in [3.63, 3.8) is 0 Å². The van der Waals surface area contributed by atoms with Gasteiger partial charge in [0.1, 0.15) is 17.8 Å². The highest BCUT2D eigenvalue weighted by atomic mass is 35.5. The third-order valence-corrected chi connectivity index (χ3v) is 5.25. The van der Waals surface area contributed by atoms with Crippen LogP contribution in [0.2, 0.25) is 10.0 Å². The lowest BCUT2D eigenvalue weighted by Gasteiger charge is -2.43. The summed E-state index contributed by atoms with van der Waals surface area (Å²) in [6, 6.07) is 2.04. The SMILES string of the molecule is C[C@H]1NC(=O)[C@@H]2C[C@H](c3c(O)ccc(Cl)c3Cl)CCN2C1=O. The minimum absolute atomic E-state index is 0.0653. The molecule has 0 spiro atoms. The lowest BCUT2D eigenvalue weighted by Crippen LogP contribution is -2.64. The molecule has 3 atom stereocenters. The van der Waals surface area contributed by atoms with Gasteiger partial charge in [-0.2, -0.15) is 0 Å². The average Bonchev–Trinajstić information content (AvgIpc) is 2.49. The maximum atomic E-state index is 12.2. The maximum Gasteiger partial charge on any atom is 0.245 e. The molecule has 0 unspecified atom stereocenters. The van der Waals surface area contributed by atoms with Crippen molar-refractivity contribution in [2.75, 3.05) is 6.54 Å². The lowest BCUT2D eigenvalue weighted by atomic mass is 9.83. The Kier molecular flexibility index (Phi) is 3.95. The van der Waals surface area contributed by atoms with E-state index in [1.54, 1.807) is 11.8 Å². The van der Waals surface area contributed by atoms with Gasteiger partial charge in [0.05, 0.1) is 10.0 Å². The zero-order valence-corrected chi connectivity index (χ0v) is 13.5. The van der Waals surface area contributed by atoms with Crippen LogP contribution in [0.1, 0.15) is 31.2 Å². The number of nitrogens with one attached hydrogen (secondary N) is 1. The molecule has 0 saturated carbocycles. The molecule has 7 heteroatoms. The van der Waals surface area contributed by atoms with Crippen LogP contribution in [0.25, 0.3) is 0 Å². The number of fused-ring (bicyclic) bond motifs is 1. The van der Waals surface area contributed by atoms with Crippen LogP contribution < -0.4 is 5.32 Å². The summed E-state index contributed by atoms with van der Waals surface area (Å²) in [7, 11) is 0. The third-order valence-electron chi connectivity index (χ3n) is 4.44. The highest BCUT2D eigenvalue weighted by Gasteiger charge is 2.43. The largest absolute Gasteiger partial charge is 0.508 e. The van der Waals surface area contributed by atoms with Crippen molar-refractivity contribution in [1.82, 2.24) is 10.2 Å². The van der Waals surface area contributed by atoms with Gasteiger partial charge in [0.2, 0.25) is 11.8 Å². The molecule has 2 heterocycles. The van der Waals surface area contributed by atoms with Gasteiger partial charge in [-0.1, -0.05) is 23.2 Å². The van der Waals surface area contributed by atoms with E-state index in [1.165, 1.54) is 12.1 Å². The molecule has 2 amide bonds. The zero-order valence-electron chi connectivity index (χ0n) is 12.0. The Morgan fingerprint density at radius 3 is 2.77 bits per heavy atom. The van der Waals surface area contributed by atoms with Gasteiger partial charge in [-0.15, -0.1) is 0 Å². The van der Waals surface area contributed by atoms with Gasteiger partial charge in [0.25, 0.3) is 0 Å². The van der Waals surface area contributed by atoms with Gasteiger partial charge < -0.3 is 15.3 Å². The van der Waals surface area contributed by atoms with E-state index in [0.29, 0.717) is 35.0 Å². The van der Waals surface area contributed by atoms with Crippen LogP contribution in [0.5, 0.6) is 5.75 Å². The fourth-order valence-electron chi connectivity index (χ4n) is 3.30. The van der Waals surface area contributed by atoms with E-state index in [9.17, 15) is 14.7 Å². The van der Waals surface area contributed by atoms with Crippen molar-refractivity contribution >= 4 is 35.0 Å². The number of piperazine rings is 1.